The molecule has 0 N–H and O–H groups in total. The van der Waals surface area contributed by atoms with E-state index in [2.05, 4.69) is 15.9 Å². The predicted octanol–water partition coefficient (Wildman–Crippen LogP) is 4.76. The number of thiophene rings is 2. The van der Waals surface area contributed by atoms with Crippen molar-refractivity contribution in [2.24, 2.45) is 0 Å². The standard InChI is InChI=1S/C10H6BrClOS2/c1-5-4-6(11)9(15-5)8(13)10-7(12)2-3-14-10/h2-4H,1H3. The van der Waals surface area contributed by atoms with Gasteiger partial charge in [0.05, 0.1) is 14.8 Å². The molecule has 2 rings (SSSR count). The Morgan fingerprint density at radius 1 is 1.47 bits per heavy atom. The lowest BCUT2D eigenvalue weighted by Crippen LogP contribution is -1.96. The molecule has 15 heavy (non-hydrogen) atoms. The molecule has 0 radical (unpaired) electrons. The third kappa shape index (κ3) is 2.18. The maximum atomic E-state index is 12.1. The minimum Gasteiger partial charge on any atom is -0.287 e. The number of rotatable bonds is 2. The Balaban J connectivity index is 2.45. The van der Waals surface area contributed by atoms with E-state index in [1.165, 1.54) is 22.7 Å². The van der Waals surface area contributed by atoms with Crippen LogP contribution in [-0.4, -0.2) is 5.78 Å². The van der Waals surface area contributed by atoms with E-state index in [0.717, 1.165) is 14.2 Å². The summed E-state index contributed by atoms with van der Waals surface area (Å²) in [4.78, 5) is 14.5. The molecular formula is C10H6BrClOS2. The lowest BCUT2D eigenvalue weighted by molar-refractivity contribution is 0.104. The second kappa shape index (κ2) is 4.37. The molecule has 1 nitrogen and oxygen atoms in total. The molecule has 0 amide bonds. The molecule has 5 heteroatoms. The van der Waals surface area contributed by atoms with E-state index in [0.29, 0.717) is 9.90 Å². The summed E-state index contributed by atoms with van der Waals surface area (Å²) in [5.41, 5.74) is 0. The SMILES string of the molecule is Cc1cc(Br)c(C(=O)c2sccc2Cl)s1. The maximum absolute atomic E-state index is 12.1. The van der Waals surface area contributed by atoms with Crippen LogP contribution in [0.5, 0.6) is 0 Å². The normalized spacial score (nSPS) is 10.6. The van der Waals surface area contributed by atoms with Gasteiger partial charge in [-0.1, -0.05) is 11.6 Å². The van der Waals surface area contributed by atoms with E-state index in [-0.39, 0.29) is 5.78 Å². The molecule has 0 unspecified atom stereocenters. The summed E-state index contributed by atoms with van der Waals surface area (Å²) < 4.78 is 0.847. The van der Waals surface area contributed by atoms with Gasteiger partial charge in [-0.2, -0.15) is 0 Å². The van der Waals surface area contributed by atoms with Gasteiger partial charge in [-0.3, -0.25) is 4.79 Å². The van der Waals surface area contributed by atoms with Crippen LogP contribution in [0, 0.1) is 6.92 Å². The van der Waals surface area contributed by atoms with Gasteiger partial charge in [-0.25, -0.2) is 0 Å². The van der Waals surface area contributed by atoms with Gasteiger partial charge in [0.25, 0.3) is 0 Å². The summed E-state index contributed by atoms with van der Waals surface area (Å²) in [6, 6.07) is 3.69. The van der Waals surface area contributed by atoms with E-state index in [4.69, 9.17) is 11.6 Å². The number of ketones is 1. The summed E-state index contributed by atoms with van der Waals surface area (Å²) in [5, 5.41) is 2.35. The van der Waals surface area contributed by atoms with Crippen LogP contribution < -0.4 is 0 Å². The number of hydrogen-bond acceptors (Lipinski definition) is 3. The van der Waals surface area contributed by atoms with Crippen LogP contribution in [0.3, 0.4) is 0 Å². The fourth-order valence-electron chi connectivity index (χ4n) is 1.20. The van der Waals surface area contributed by atoms with Crippen molar-refractivity contribution in [1.82, 2.24) is 0 Å². The summed E-state index contributed by atoms with van der Waals surface area (Å²) in [7, 11) is 0. The molecule has 78 valence electrons. The van der Waals surface area contributed by atoms with E-state index < -0.39 is 0 Å². The van der Waals surface area contributed by atoms with E-state index >= 15 is 0 Å². The Bertz CT molecular complexity index is 515. The van der Waals surface area contributed by atoms with Crippen LogP contribution in [-0.2, 0) is 0 Å². The minimum atomic E-state index is -0.0000231. The van der Waals surface area contributed by atoms with Crippen molar-refractivity contribution in [1.29, 1.82) is 0 Å². The van der Waals surface area contributed by atoms with Crippen molar-refractivity contribution >= 4 is 56.0 Å². The van der Waals surface area contributed by atoms with Gasteiger partial charge in [-0.15, -0.1) is 22.7 Å². The first kappa shape index (κ1) is 11.3. The maximum Gasteiger partial charge on any atom is 0.215 e. The molecule has 0 bridgehead atoms. The zero-order valence-electron chi connectivity index (χ0n) is 7.71. The summed E-state index contributed by atoms with van der Waals surface area (Å²) >= 11 is 12.2. The largest absolute Gasteiger partial charge is 0.287 e. The second-order valence-electron chi connectivity index (χ2n) is 2.96. The first-order valence-electron chi connectivity index (χ1n) is 4.13. The monoisotopic (exact) mass is 320 g/mol. The van der Waals surface area contributed by atoms with Crippen LogP contribution in [0.4, 0.5) is 0 Å². The van der Waals surface area contributed by atoms with Gasteiger partial charge in [0.1, 0.15) is 0 Å². The summed E-state index contributed by atoms with van der Waals surface area (Å²) in [6.45, 7) is 1.97. The fourth-order valence-corrected chi connectivity index (χ4v) is 4.12. The highest BCUT2D eigenvalue weighted by Gasteiger charge is 2.18. The molecule has 2 heterocycles. The molecule has 0 saturated carbocycles. The Hall–Kier alpha value is -0.160. The fraction of sp³-hybridized carbons (Fsp3) is 0.100. The van der Waals surface area contributed by atoms with Gasteiger partial charge in [0.2, 0.25) is 5.78 Å². The summed E-state index contributed by atoms with van der Waals surface area (Å²) in [6.07, 6.45) is 0. The average molecular weight is 322 g/mol. The Morgan fingerprint density at radius 2 is 2.20 bits per heavy atom. The Labute approximate surface area is 109 Å². The van der Waals surface area contributed by atoms with Gasteiger partial charge >= 0.3 is 0 Å². The second-order valence-corrected chi connectivity index (χ2v) is 6.39. The van der Waals surface area contributed by atoms with Crippen molar-refractivity contribution in [2.75, 3.05) is 0 Å². The molecule has 0 aliphatic rings. The number of aryl methyl sites for hydroxylation is 1. The number of carbonyl (C=O) groups is 1. The molecular weight excluding hydrogens is 316 g/mol. The molecule has 2 aromatic heterocycles. The van der Waals surface area contributed by atoms with Crippen molar-refractivity contribution in [3.63, 3.8) is 0 Å². The zero-order valence-corrected chi connectivity index (χ0v) is 11.7. The smallest absolute Gasteiger partial charge is 0.215 e. The highest BCUT2D eigenvalue weighted by molar-refractivity contribution is 9.10. The molecule has 0 aromatic carbocycles. The predicted molar refractivity (Wildman–Crippen MR) is 69.5 cm³/mol. The van der Waals surface area contributed by atoms with Crippen molar-refractivity contribution in [3.8, 4) is 0 Å². The van der Waals surface area contributed by atoms with Crippen LogP contribution in [0.1, 0.15) is 19.4 Å². The van der Waals surface area contributed by atoms with Crippen LogP contribution in [0.2, 0.25) is 5.02 Å². The third-order valence-electron chi connectivity index (χ3n) is 1.84. The molecule has 0 saturated heterocycles. The van der Waals surface area contributed by atoms with Gasteiger partial charge in [-0.05, 0) is 40.4 Å². The van der Waals surface area contributed by atoms with Crippen LogP contribution in [0.25, 0.3) is 0 Å². The molecule has 0 atom stereocenters. The highest BCUT2D eigenvalue weighted by atomic mass is 79.9. The molecule has 0 aliphatic heterocycles. The van der Waals surface area contributed by atoms with E-state index in [9.17, 15) is 4.79 Å². The number of carbonyl (C=O) groups excluding carboxylic acids is 1. The average Bonchev–Trinajstić information content (AvgIpc) is 2.71. The Morgan fingerprint density at radius 3 is 2.67 bits per heavy atom. The molecule has 0 fully saturated rings. The van der Waals surface area contributed by atoms with Gasteiger partial charge in [0, 0.05) is 9.35 Å². The van der Waals surface area contributed by atoms with Crippen molar-refractivity contribution < 1.29 is 4.79 Å². The molecule has 0 aliphatic carbocycles. The van der Waals surface area contributed by atoms with Gasteiger partial charge < -0.3 is 0 Å². The highest BCUT2D eigenvalue weighted by Crippen LogP contribution is 2.32. The van der Waals surface area contributed by atoms with Crippen molar-refractivity contribution in [3.05, 3.63) is 41.6 Å². The topological polar surface area (TPSA) is 17.1 Å². The van der Waals surface area contributed by atoms with E-state index in [1.54, 1.807) is 6.07 Å². The van der Waals surface area contributed by atoms with Crippen LogP contribution in [0.15, 0.2) is 22.0 Å². The first-order valence-corrected chi connectivity index (χ1v) is 7.00. The summed E-state index contributed by atoms with van der Waals surface area (Å²) in [5.74, 6) is -0.0000231. The van der Waals surface area contributed by atoms with Gasteiger partial charge in [0.15, 0.2) is 0 Å². The number of halogens is 2. The quantitative estimate of drug-likeness (QED) is 0.729. The minimum absolute atomic E-state index is 0.0000231. The first-order chi connectivity index (χ1) is 7.09. The van der Waals surface area contributed by atoms with Crippen LogP contribution >= 0.6 is 50.2 Å². The number of hydrogen-bond donors (Lipinski definition) is 0. The van der Waals surface area contributed by atoms with E-state index in [1.807, 2.05) is 18.4 Å². The Kier molecular flexibility index (Phi) is 3.30. The molecule has 0 spiro atoms. The third-order valence-corrected chi connectivity index (χ3v) is 5.12. The lowest BCUT2D eigenvalue weighted by Gasteiger charge is -1.95. The lowest BCUT2D eigenvalue weighted by atomic mass is 10.3. The molecule has 2 aromatic rings. The zero-order chi connectivity index (χ0) is 11.0. The van der Waals surface area contributed by atoms with Crippen molar-refractivity contribution in [2.45, 2.75) is 6.92 Å².